The molecule has 0 spiro atoms. The first-order chi connectivity index (χ1) is 7.82. The summed E-state index contributed by atoms with van der Waals surface area (Å²) in [7, 11) is 0. The average Bonchev–Trinajstić information content (AvgIpc) is 2.61. The Balaban J connectivity index is 1.73. The zero-order valence-corrected chi connectivity index (χ0v) is 10.3. The lowest BCUT2D eigenvalue weighted by Crippen LogP contribution is -2.65. The minimum absolute atomic E-state index is 0.0550. The van der Waals surface area contributed by atoms with Crippen molar-refractivity contribution < 1.29 is 17.9 Å². The largest absolute Gasteiger partial charge is 0.389 e. The van der Waals surface area contributed by atoms with Crippen molar-refractivity contribution in [1.29, 1.82) is 0 Å². The molecule has 1 heterocycles. The number of ether oxygens (including phenoxy) is 1. The summed E-state index contributed by atoms with van der Waals surface area (Å²) >= 11 is 0. The summed E-state index contributed by atoms with van der Waals surface area (Å²) in [4.78, 5) is 0. The van der Waals surface area contributed by atoms with Crippen molar-refractivity contribution in [3.05, 3.63) is 0 Å². The molecular weight excluding hydrogens is 231 g/mol. The Morgan fingerprint density at radius 3 is 2.71 bits per heavy atom. The Bertz CT molecular complexity index is 277. The number of halogens is 3. The van der Waals surface area contributed by atoms with E-state index in [1.807, 2.05) is 0 Å². The average molecular weight is 251 g/mol. The van der Waals surface area contributed by atoms with Crippen molar-refractivity contribution in [2.75, 3.05) is 13.2 Å². The van der Waals surface area contributed by atoms with Crippen LogP contribution in [0.2, 0.25) is 0 Å². The van der Waals surface area contributed by atoms with Gasteiger partial charge < -0.3 is 10.1 Å². The lowest BCUT2D eigenvalue weighted by molar-refractivity contribution is -0.137. The molecular formula is C12H20F3NO. The second-order valence-corrected chi connectivity index (χ2v) is 5.72. The molecule has 0 aromatic rings. The van der Waals surface area contributed by atoms with Crippen molar-refractivity contribution >= 4 is 0 Å². The summed E-state index contributed by atoms with van der Waals surface area (Å²) in [6, 6.07) is 0.309. The van der Waals surface area contributed by atoms with Gasteiger partial charge in [-0.15, -0.1) is 0 Å². The molecule has 1 N–H and O–H groups in total. The highest BCUT2D eigenvalue weighted by molar-refractivity contribution is 5.11. The highest BCUT2D eigenvalue weighted by atomic mass is 19.4. The van der Waals surface area contributed by atoms with Crippen molar-refractivity contribution in [3.63, 3.8) is 0 Å². The van der Waals surface area contributed by atoms with Crippen LogP contribution >= 0.6 is 0 Å². The summed E-state index contributed by atoms with van der Waals surface area (Å²) < 4.78 is 41.6. The maximum absolute atomic E-state index is 12.0. The fourth-order valence-electron chi connectivity index (χ4n) is 3.29. The molecule has 0 aromatic heterocycles. The molecule has 0 amide bonds. The van der Waals surface area contributed by atoms with Crippen LogP contribution in [0.4, 0.5) is 13.2 Å². The maximum atomic E-state index is 12.0. The zero-order valence-electron chi connectivity index (χ0n) is 10.3. The standard InChI is InChI=1S/C12H20F3NO/c1-11(2)9(8-4-7-17-10(8)11)16-6-3-5-12(13,14)15/h8-10,16H,3-7H2,1-2H3. The molecule has 1 aliphatic heterocycles. The Labute approximate surface area is 99.9 Å². The van der Waals surface area contributed by atoms with E-state index in [0.717, 1.165) is 13.0 Å². The third kappa shape index (κ3) is 2.60. The van der Waals surface area contributed by atoms with Crippen LogP contribution < -0.4 is 5.32 Å². The van der Waals surface area contributed by atoms with Gasteiger partial charge in [0.25, 0.3) is 0 Å². The van der Waals surface area contributed by atoms with Crippen LogP contribution in [-0.4, -0.2) is 31.5 Å². The van der Waals surface area contributed by atoms with Gasteiger partial charge in [-0.25, -0.2) is 0 Å². The van der Waals surface area contributed by atoms with Gasteiger partial charge in [-0.3, -0.25) is 0 Å². The molecule has 3 unspecified atom stereocenters. The SMILES string of the molecule is CC1(C)C(NCCCC(F)(F)F)C2CCOC21. The van der Waals surface area contributed by atoms with E-state index < -0.39 is 12.6 Å². The van der Waals surface area contributed by atoms with Gasteiger partial charge in [0.05, 0.1) is 6.10 Å². The molecule has 3 atom stereocenters. The number of rotatable bonds is 4. The Morgan fingerprint density at radius 1 is 1.35 bits per heavy atom. The van der Waals surface area contributed by atoms with Crippen molar-refractivity contribution in [3.8, 4) is 0 Å². The smallest absolute Gasteiger partial charge is 0.377 e. The van der Waals surface area contributed by atoms with Gasteiger partial charge in [-0.2, -0.15) is 13.2 Å². The molecule has 2 rings (SSSR count). The monoisotopic (exact) mass is 251 g/mol. The van der Waals surface area contributed by atoms with Gasteiger partial charge >= 0.3 is 6.18 Å². The summed E-state index contributed by atoms with van der Waals surface area (Å²) in [5.74, 6) is 0.496. The van der Waals surface area contributed by atoms with Gasteiger partial charge in [0, 0.05) is 30.4 Å². The lowest BCUT2D eigenvalue weighted by Gasteiger charge is -2.55. The van der Waals surface area contributed by atoms with Crippen molar-refractivity contribution in [2.24, 2.45) is 11.3 Å². The van der Waals surface area contributed by atoms with E-state index >= 15 is 0 Å². The molecule has 0 radical (unpaired) electrons. The molecule has 2 fully saturated rings. The summed E-state index contributed by atoms with van der Waals surface area (Å²) in [5.41, 5.74) is 0.0550. The number of hydrogen-bond acceptors (Lipinski definition) is 2. The van der Waals surface area contributed by atoms with Gasteiger partial charge in [0.1, 0.15) is 0 Å². The third-order valence-electron chi connectivity index (χ3n) is 4.10. The van der Waals surface area contributed by atoms with Crippen LogP contribution in [0.25, 0.3) is 0 Å². The van der Waals surface area contributed by atoms with E-state index in [0.29, 0.717) is 24.6 Å². The molecule has 2 aliphatic rings. The van der Waals surface area contributed by atoms with Crippen LogP contribution in [0.3, 0.4) is 0 Å². The fourth-order valence-corrected chi connectivity index (χ4v) is 3.29. The molecule has 0 bridgehead atoms. The van der Waals surface area contributed by atoms with Gasteiger partial charge in [-0.05, 0) is 19.4 Å². The fraction of sp³-hybridized carbons (Fsp3) is 1.00. The van der Waals surface area contributed by atoms with Crippen molar-refractivity contribution in [1.82, 2.24) is 5.32 Å². The van der Waals surface area contributed by atoms with Crippen molar-refractivity contribution in [2.45, 2.75) is 51.4 Å². The van der Waals surface area contributed by atoms with Crippen LogP contribution in [0, 0.1) is 11.3 Å². The van der Waals surface area contributed by atoms with Crippen LogP contribution in [0.15, 0.2) is 0 Å². The molecule has 1 saturated heterocycles. The minimum atomic E-state index is -4.03. The topological polar surface area (TPSA) is 21.3 Å². The van der Waals surface area contributed by atoms with E-state index in [2.05, 4.69) is 19.2 Å². The number of nitrogens with one attached hydrogen (secondary N) is 1. The van der Waals surface area contributed by atoms with Crippen LogP contribution in [0.5, 0.6) is 0 Å². The molecule has 5 heteroatoms. The minimum Gasteiger partial charge on any atom is -0.377 e. The van der Waals surface area contributed by atoms with Gasteiger partial charge in [-0.1, -0.05) is 13.8 Å². The Morgan fingerprint density at radius 2 is 2.06 bits per heavy atom. The van der Waals surface area contributed by atoms with E-state index in [4.69, 9.17) is 4.74 Å². The summed E-state index contributed by atoms with van der Waals surface area (Å²) in [6.07, 6.45) is -3.24. The van der Waals surface area contributed by atoms with Gasteiger partial charge in [0.2, 0.25) is 0 Å². The Hall–Kier alpha value is -0.290. The summed E-state index contributed by atoms with van der Waals surface area (Å²) in [6.45, 7) is 5.48. The third-order valence-corrected chi connectivity index (χ3v) is 4.10. The predicted molar refractivity (Wildman–Crippen MR) is 58.7 cm³/mol. The second kappa shape index (κ2) is 4.43. The molecule has 1 saturated carbocycles. The number of fused-ring (bicyclic) bond motifs is 1. The van der Waals surface area contributed by atoms with E-state index in [-0.39, 0.29) is 11.8 Å². The lowest BCUT2D eigenvalue weighted by atomic mass is 9.57. The Kier molecular flexibility index (Phi) is 3.42. The normalized spacial score (nSPS) is 35.5. The highest BCUT2D eigenvalue weighted by Crippen LogP contribution is 2.52. The molecule has 2 nitrogen and oxygen atoms in total. The second-order valence-electron chi connectivity index (χ2n) is 5.72. The predicted octanol–water partition coefficient (Wildman–Crippen LogP) is 2.73. The maximum Gasteiger partial charge on any atom is 0.389 e. The van der Waals surface area contributed by atoms with E-state index in [1.54, 1.807) is 0 Å². The van der Waals surface area contributed by atoms with E-state index in [9.17, 15) is 13.2 Å². The number of hydrogen-bond donors (Lipinski definition) is 1. The molecule has 0 aromatic carbocycles. The van der Waals surface area contributed by atoms with E-state index in [1.165, 1.54) is 0 Å². The number of alkyl halides is 3. The molecule has 17 heavy (non-hydrogen) atoms. The summed E-state index contributed by atoms with van der Waals surface area (Å²) in [5, 5.41) is 3.27. The first kappa shape index (κ1) is 13.1. The first-order valence-corrected chi connectivity index (χ1v) is 6.24. The zero-order chi connectivity index (χ0) is 12.7. The highest BCUT2D eigenvalue weighted by Gasteiger charge is 2.58. The van der Waals surface area contributed by atoms with Gasteiger partial charge in [0.15, 0.2) is 0 Å². The van der Waals surface area contributed by atoms with Crippen LogP contribution in [0.1, 0.15) is 33.1 Å². The molecule has 1 aliphatic carbocycles. The molecule has 100 valence electrons. The first-order valence-electron chi connectivity index (χ1n) is 6.24. The van der Waals surface area contributed by atoms with Crippen LogP contribution in [-0.2, 0) is 4.74 Å². The quantitative estimate of drug-likeness (QED) is 0.776.